The Morgan fingerprint density at radius 2 is 1.86 bits per heavy atom. The van der Waals surface area contributed by atoms with Crippen LogP contribution in [0.15, 0.2) is 18.2 Å². The molecule has 3 rings (SSSR count). The Hall–Kier alpha value is -3.29. The fourth-order valence-electron chi connectivity index (χ4n) is 3.01. The van der Waals surface area contributed by atoms with Gasteiger partial charge in [-0.3, -0.25) is 4.79 Å². The molecule has 0 fully saturated rings. The van der Waals surface area contributed by atoms with Gasteiger partial charge >= 0.3 is 11.9 Å². The van der Waals surface area contributed by atoms with E-state index in [1.807, 2.05) is 0 Å². The Kier molecular flexibility index (Phi) is 5.39. The molecule has 148 valence electrons. The number of ketones is 1. The first-order chi connectivity index (χ1) is 13.3. The first-order valence-corrected chi connectivity index (χ1v) is 8.84. The molecule has 1 aliphatic rings. The van der Waals surface area contributed by atoms with Crippen LogP contribution in [-0.2, 0) is 9.47 Å². The molecule has 0 aliphatic carbocycles. The van der Waals surface area contributed by atoms with Gasteiger partial charge in [-0.1, -0.05) is 0 Å². The van der Waals surface area contributed by atoms with E-state index in [4.69, 9.17) is 18.9 Å². The van der Waals surface area contributed by atoms with E-state index >= 15 is 0 Å². The monoisotopic (exact) mass is 387 g/mol. The van der Waals surface area contributed by atoms with Crippen molar-refractivity contribution in [3.63, 3.8) is 0 Å². The topological polar surface area (TPSA) is 104 Å². The summed E-state index contributed by atoms with van der Waals surface area (Å²) in [7, 11) is 0. The van der Waals surface area contributed by atoms with Gasteiger partial charge in [-0.25, -0.2) is 9.59 Å². The number of aromatic nitrogens is 1. The zero-order valence-electron chi connectivity index (χ0n) is 16.1. The smallest absolute Gasteiger partial charge is 0.340 e. The number of aromatic amines is 1. The molecule has 1 atom stereocenters. The van der Waals surface area contributed by atoms with Crippen LogP contribution in [0.5, 0.6) is 11.5 Å². The van der Waals surface area contributed by atoms with Crippen molar-refractivity contribution in [3.8, 4) is 11.5 Å². The molecule has 0 bridgehead atoms. The highest BCUT2D eigenvalue weighted by Crippen LogP contribution is 2.32. The molecule has 0 saturated heterocycles. The average molecular weight is 387 g/mol. The van der Waals surface area contributed by atoms with Crippen LogP contribution >= 0.6 is 0 Å². The number of benzene rings is 1. The number of aryl methyl sites for hydroxylation is 1. The van der Waals surface area contributed by atoms with Crippen molar-refractivity contribution in [1.29, 1.82) is 0 Å². The van der Waals surface area contributed by atoms with Gasteiger partial charge in [-0.05, 0) is 51.5 Å². The number of ether oxygens (including phenoxy) is 4. The van der Waals surface area contributed by atoms with Crippen molar-refractivity contribution in [2.24, 2.45) is 0 Å². The third-order valence-electron chi connectivity index (χ3n) is 4.42. The Balaban J connectivity index is 1.75. The van der Waals surface area contributed by atoms with E-state index in [1.54, 1.807) is 26.8 Å². The highest BCUT2D eigenvalue weighted by atomic mass is 16.7. The Morgan fingerprint density at radius 3 is 2.57 bits per heavy atom. The maximum Gasteiger partial charge on any atom is 0.340 e. The summed E-state index contributed by atoms with van der Waals surface area (Å²) in [4.78, 5) is 40.1. The zero-order chi connectivity index (χ0) is 20.4. The molecule has 0 spiro atoms. The minimum atomic E-state index is -1.05. The maximum atomic E-state index is 12.8. The first kappa shape index (κ1) is 19.5. The molecule has 1 aromatic heterocycles. The third-order valence-corrected chi connectivity index (χ3v) is 4.42. The van der Waals surface area contributed by atoms with Crippen LogP contribution in [0.4, 0.5) is 0 Å². The van der Waals surface area contributed by atoms with Crippen molar-refractivity contribution >= 4 is 17.7 Å². The fraction of sp³-hybridized carbons (Fsp3) is 0.350. The first-order valence-electron chi connectivity index (χ1n) is 8.84. The molecule has 0 amide bonds. The van der Waals surface area contributed by atoms with E-state index in [0.717, 1.165) is 0 Å². The lowest BCUT2D eigenvalue weighted by Crippen LogP contribution is -2.25. The molecule has 0 unspecified atom stereocenters. The molecule has 2 heterocycles. The van der Waals surface area contributed by atoms with Crippen LogP contribution in [0.25, 0.3) is 0 Å². The number of hydrogen-bond acceptors (Lipinski definition) is 7. The molecular formula is C20H21NO7. The number of rotatable bonds is 6. The molecule has 1 aromatic carbocycles. The van der Waals surface area contributed by atoms with Gasteiger partial charge in [0.05, 0.1) is 23.4 Å². The molecule has 1 aliphatic heterocycles. The normalized spacial score (nSPS) is 13.1. The number of nitrogens with one attached hydrogen (secondary N) is 1. The van der Waals surface area contributed by atoms with Gasteiger partial charge in [0.2, 0.25) is 12.6 Å². The van der Waals surface area contributed by atoms with Crippen LogP contribution < -0.4 is 9.47 Å². The summed E-state index contributed by atoms with van der Waals surface area (Å²) >= 11 is 0. The van der Waals surface area contributed by atoms with E-state index < -0.39 is 23.8 Å². The summed E-state index contributed by atoms with van der Waals surface area (Å²) in [6, 6.07) is 4.65. The molecule has 8 heteroatoms. The van der Waals surface area contributed by atoms with Gasteiger partial charge in [0, 0.05) is 5.69 Å². The van der Waals surface area contributed by atoms with E-state index in [-0.39, 0.29) is 24.7 Å². The van der Waals surface area contributed by atoms with E-state index in [0.29, 0.717) is 28.3 Å². The molecule has 8 nitrogen and oxygen atoms in total. The maximum absolute atomic E-state index is 12.8. The summed E-state index contributed by atoms with van der Waals surface area (Å²) in [5.74, 6) is -0.609. The van der Waals surface area contributed by atoms with Crippen LogP contribution in [-0.4, -0.2) is 42.2 Å². The lowest BCUT2D eigenvalue weighted by molar-refractivity contribution is 0.0316. The summed E-state index contributed by atoms with van der Waals surface area (Å²) < 4.78 is 20.8. The summed E-state index contributed by atoms with van der Waals surface area (Å²) in [5, 5.41) is 0. The molecule has 0 saturated carbocycles. The highest BCUT2D eigenvalue weighted by Gasteiger charge is 2.28. The van der Waals surface area contributed by atoms with Crippen LogP contribution in [0.1, 0.15) is 56.3 Å². The molecule has 0 radical (unpaired) electrons. The van der Waals surface area contributed by atoms with Crippen LogP contribution in [0, 0.1) is 13.8 Å². The van der Waals surface area contributed by atoms with E-state index in [9.17, 15) is 14.4 Å². The van der Waals surface area contributed by atoms with Crippen molar-refractivity contribution in [1.82, 2.24) is 4.98 Å². The predicted molar refractivity (Wildman–Crippen MR) is 98.0 cm³/mol. The lowest BCUT2D eigenvalue weighted by atomic mass is 10.1. The van der Waals surface area contributed by atoms with Gasteiger partial charge < -0.3 is 23.9 Å². The second kappa shape index (κ2) is 7.75. The summed E-state index contributed by atoms with van der Waals surface area (Å²) in [6.07, 6.45) is -1.05. The number of esters is 2. The number of carbonyl (C=O) groups excluding carboxylic acids is 3. The van der Waals surface area contributed by atoms with Crippen LogP contribution in [0.3, 0.4) is 0 Å². The second-order valence-electron chi connectivity index (χ2n) is 6.33. The largest absolute Gasteiger partial charge is 0.462 e. The number of fused-ring (bicyclic) bond motifs is 1. The minimum Gasteiger partial charge on any atom is -0.462 e. The van der Waals surface area contributed by atoms with Crippen LogP contribution in [0.2, 0.25) is 0 Å². The number of carbonyl (C=O) groups is 3. The van der Waals surface area contributed by atoms with Crippen molar-refractivity contribution in [2.75, 3.05) is 13.4 Å². The summed E-state index contributed by atoms with van der Waals surface area (Å²) in [5.41, 5.74) is 1.77. The Bertz CT molecular complexity index is 944. The van der Waals surface area contributed by atoms with E-state index in [1.165, 1.54) is 19.1 Å². The standard InChI is InChI=1S/C20H21NO7/c1-5-25-20(24)16-10(2)17(21-11(16)3)18(22)12(4)28-19(23)13-6-7-14-15(8-13)27-9-26-14/h6-8,12,21H,5,9H2,1-4H3/t12-/m1/s1. The van der Waals surface area contributed by atoms with Crippen molar-refractivity contribution in [3.05, 3.63) is 46.3 Å². The third kappa shape index (κ3) is 3.58. The lowest BCUT2D eigenvalue weighted by Gasteiger charge is -2.12. The van der Waals surface area contributed by atoms with Crippen molar-refractivity contribution in [2.45, 2.75) is 33.8 Å². The highest BCUT2D eigenvalue weighted by molar-refractivity contribution is 6.04. The minimum absolute atomic E-state index is 0.0942. The fourth-order valence-corrected chi connectivity index (χ4v) is 3.01. The Morgan fingerprint density at radius 1 is 1.14 bits per heavy atom. The van der Waals surface area contributed by atoms with Gasteiger partial charge in [-0.15, -0.1) is 0 Å². The molecule has 28 heavy (non-hydrogen) atoms. The molecular weight excluding hydrogens is 366 g/mol. The summed E-state index contributed by atoms with van der Waals surface area (Å²) in [6.45, 7) is 6.84. The van der Waals surface area contributed by atoms with Crippen molar-refractivity contribution < 1.29 is 33.3 Å². The van der Waals surface area contributed by atoms with Gasteiger partial charge in [-0.2, -0.15) is 0 Å². The van der Waals surface area contributed by atoms with Gasteiger partial charge in [0.15, 0.2) is 17.6 Å². The number of H-pyrrole nitrogens is 1. The average Bonchev–Trinajstić information content (AvgIpc) is 3.24. The molecule has 1 N–H and O–H groups in total. The van der Waals surface area contributed by atoms with Gasteiger partial charge in [0.1, 0.15) is 0 Å². The Labute approximate surface area is 161 Å². The molecule has 2 aromatic rings. The predicted octanol–water partition coefficient (Wildman–Crippen LogP) is 2.97. The zero-order valence-corrected chi connectivity index (χ0v) is 16.1. The second-order valence-corrected chi connectivity index (χ2v) is 6.33. The SMILES string of the molecule is CCOC(=O)c1c(C)[nH]c(C(=O)[C@@H](C)OC(=O)c2ccc3c(c2)OCO3)c1C. The number of hydrogen-bond donors (Lipinski definition) is 1. The quantitative estimate of drug-likeness (QED) is 0.600. The van der Waals surface area contributed by atoms with Gasteiger partial charge in [0.25, 0.3) is 0 Å². The van der Waals surface area contributed by atoms with E-state index in [2.05, 4.69) is 4.98 Å². The number of Topliss-reactive ketones (excluding diaryl/α,β-unsaturated/α-hetero) is 1.